The molecule has 3 rings (SSSR count). The predicted molar refractivity (Wildman–Crippen MR) is 113 cm³/mol. The molecule has 29 heavy (non-hydrogen) atoms. The highest BCUT2D eigenvalue weighted by molar-refractivity contribution is 7.90. The van der Waals surface area contributed by atoms with Crippen LogP contribution in [0.2, 0.25) is 0 Å². The van der Waals surface area contributed by atoms with Crippen molar-refractivity contribution < 1.29 is 18.0 Å². The van der Waals surface area contributed by atoms with Gasteiger partial charge in [0.05, 0.1) is 5.56 Å². The van der Waals surface area contributed by atoms with Crippen molar-refractivity contribution in [1.29, 1.82) is 0 Å². The first-order chi connectivity index (χ1) is 13.7. The molecule has 2 aromatic rings. The van der Waals surface area contributed by atoms with E-state index in [1.165, 1.54) is 19.1 Å². The fourth-order valence-corrected chi connectivity index (χ4v) is 5.23. The van der Waals surface area contributed by atoms with Crippen molar-refractivity contribution in [2.45, 2.75) is 38.6 Å². The average Bonchev–Trinajstić information content (AvgIpc) is 2.90. The minimum Gasteiger partial charge on any atom is -0.372 e. The van der Waals surface area contributed by atoms with Gasteiger partial charge in [-0.25, -0.2) is 12.7 Å². The van der Waals surface area contributed by atoms with Gasteiger partial charge in [0.15, 0.2) is 0 Å². The highest BCUT2D eigenvalue weighted by Crippen LogP contribution is 2.32. The van der Waals surface area contributed by atoms with Gasteiger partial charge in [-0.1, -0.05) is 12.1 Å². The number of rotatable bonds is 6. The van der Waals surface area contributed by atoms with E-state index in [1.54, 1.807) is 18.2 Å². The van der Waals surface area contributed by atoms with Crippen molar-refractivity contribution in [3.63, 3.8) is 0 Å². The van der Waals surface area contributed by atoms with E-state index in [1.807, 2.05) is 19.1 Å². The summed E-state index contributed by atoms with van der Waals surface area (Å²) in [7, 11) is -4.05. The third kappa shape index (κ3) is 3.60. The average molecular weight is 416 g/mol. The molecule has 1 N–H and O–H groups in total. The number of anilines is 2. The highest BCUT2D eigenvalue weighted by Gasteiger charge is 2.45. The highest BCUT2D eigenvalue weighted by atomic mass is 32.2. The number of sulfonamides is 1. The molecule has 0 unspecified atom stereocenters. The number of fused-ring (bicyclic) bond motifs is 1. The Bertz CT molecular complexity index is 1060. The Labute approximate surface area is 171 Å². The van der Waals surface area contributed by atoms with Crippen LogP contribution >= 0.6 is 0 Å². The number of carbonyl (C=O) groups excluding carboxylic acids is 2. The van der Waals surface area contributed by atoms with Crippen LogP contribution in [0.3, 0.4) is 0 Å². The summed E-state index contributed by atoms with van der Waals surface area (Å²) in [5, 5.41) is 2.76. The molecule has 1 aliphatic heterocycles. The molecule has 2 amide bonds. The number of aryl methyl sites for hydroxylation is 1. The summed E-state index contributed by atoms with van der Waals surface area (Å²) in [4.78, 5) is 27.5. The lowest BCUT2D eigenvalue weighted by molar-refractivity contribution is -0.118. The maximum absolute atomic E-state index is 12.8. The maximum atomic E-state index is 12.8. The summed E-state index contributed by atoms with van der Waals surface area (Å²) in [5.41, 5.74) is 2.58. The van der Waals surface area contributed by atoms with E-state index in [0.717, 1.165) is 24.3 Å². The van der Waals surface area contributed by atoms with Crippen LogP contribution in [0.1, 0.15) is 36.7 Å². The fourth-order valence-electron chi connectivity index (χ4n) is 3.50. The van der Waals surface area contributed by atoms with Crippen LogP contribution in [0, 0.1) is 6.92 Å². The van der Waals surface area contributed by atoms with Crippen molar-refractivity contribution in [1.82, 2.24) is 4.31 Å². The third-order valence-corrected chi connectivity index (χ3v) is 7.09. The number of hydrogen-bond acceptors (Lipinski definition) is 5. The van der Waals surface area contributed by atoms with Gasteiger partial charge in [0, 0.05) is 24.5 Å². The van der Waals surface area contributed by atoms with Crippen LogP contribution in [0.5, 0.6) is 0 Å². The lowest BCUT2D eigenvalue weighted by atomic mass is 10.1. The third-order valence-electron chi connectivity index (χ3n) is 5.18. The molecule has 0 saturated carbocycles. The first kappa shape index (κ1) is 20.9. The van der Waals surface area contributed by atoms with Gasteiger partial charge in [-0.15, -0.1) is 0 Å². The number of nitrogens with one attached hydrogen (secondary N) is 1. The lowest BCUT2D eigenvalue weighted by Gasteiger charge is -2.24. The molecule has 0 aromatic heterocycles. The lowest BCUT2D eigenvalue weighted by Crippen LogP contribution is -2.45. The first-order valence-electron chi connectivity index (χ1n) is 9.56. The van der Waals surface area contributed by atoms with Gasteiger partial charge in [-0.3, -0.25) is 9.59 Å². The van der Waals surface area contributed by atoms with E-state index >= 15 is 0 Å². The second kappa shape index (κ2) is 7.87. The van der Waals surface area contributed by atoms with Crippen LogP contribution in [0.4, 0.5) is 11.4 Å². The summed E-state index contributed by atoms with van der Waals surface area (Å²) in [6.07, 6.45) is 0. The van der Waals surface area contributed by atoms with Crippen LogP contribution in [0.15, 0.2) is 47.4 Å². The van der Waals surface area contributed by atoms with Gasteiger partial charge in [0.1, 0.15) is 10.9 Å². The molecule has 8 heteroatoms. The zero-order valence-corrected chi connectivity index (χ0v) is 17.8. The molecular weight excluding hydrogens is 390 g/mol. The van der Waals surface area contributed by atoms with Gasteiger partial charge in [0.25, 0.3) is 15.9 Å². The monoisotopic (exact) mass is 415 g/mol. The van der Waals surface area contributed by atoms with Crippen LogP contribution < -0.4 is 10.2 Å². The topological polar surface area (TPSA) is 86.8 Å². The van der Waals surface area contributed by atoms with E-state index in [0.29, 0.717) is 9.99 Å². The minimum absolute atomic E-state index is 0.0654. The van der Waals surface area contributed by atoms with E-state index in [4.69, 9.17) is 0 Å². The van der Waals surface area contributed by atoms with Crippen LogP contribution in [0.25, 0.3) is 0 Å². The summed E-state index contributed by atoms with van der Waals surface area (Å²) in [6.45, 7) is 9.17. The summed E-state index contributed by atoms with van der Waals surface area (Å²) in [6, 6.07) is 10.5. The number of carbonyl (C=O) groups is 2. The standard InChI is InChI=1S/C21H25N3O4S/c1-5-23(6-2)16-11-12-18(14(3)13-16)22-20(25)15(4)24-21(26)17-9-7-8-10-19(17)29(24,27)28/h7-13,15H,5-6H2,1-4H3,(H,22,25)/t15-/m1/s1. The molecule has 1 atom stereocenters. The molecular formula is C21H25N3O4S. The molecule has 0 bridgehead atoms. The van der Waals surface area contributed by atoms with Gasteiger partial charge in [0.2, 0.25) is 5.91 Å². The SMILES string of the molecule is CCN(CC)c1ccc(NC(=O)[C@@H](C)N2C(=O)c3ccccc3S2(=O)=O)c(C)c1. The number of nitrogens with zero attached hydrogens (tertiary/aromatic N) is 2. The minimum atomic E-state index is -4.05. The molecule has 1 heterocycles. The zero-order valence-electron chi connectivity index (χ0n) is 17.0. The van der Waals surface area contributed by atoms with Crippen molar-refractivity contribution in [3.05, 3.63) is 53.6 Å². The van der Waals surface area contributed by atoms with Crippen molar-refractivity contribution in [3.8, 4) is 0 Å². The molecule has 7 nitrogen and oxygen atoms in total. The first-order valence-corrected chi connectivity index (χ1v) is 11.0. The molecule has 0 aliphatic carbocycles. The Morgan fingerprint density at radius 3 is 2.38 bits per heavy atom. The van der Waals surface area contributed by atoms with Crippen molar-refractivity contribution in [2.75, 3.05) is 23.3 Å². The molecule has 0 saturated heterocycles. The summed E-state index contributed by atoms with van der Waals surface area (Å²) < 4.78 is 26.2. The van der Waals surface area contributed by atoms with Gasteiger partial charge < -0.3 is 10.2 Å². The second-order valence-corrected chi connectivity index (χ2v) is 8.72. The Hall–Kier alpha value is -2.87. The predicted octanol–water partition coefficient (Wildman–Crippen LogP) is 3.01. The van der Waals surface area contributed by atoms with Crippen molar-refractivity contribution >= 4 is 33.2 Å². The number of amides is 2. The van der Waals surface area contributed by atoms with E-state index in [9.17, 15) is 18.0 Å². The summed E-state index contributed by atoms with van der Waals surface area (Å²) in [5.74, 6) is -1.25. The van der Waals surface area contributed by atoms with E-state index < -0.39 is 27.9 Å². The quantitative estimate of drug-likeness (QED) is 0.784. The van der Waals surface area contributed by atoms with Crippen LogP contribution in [-0.4, -0.2) is 43.7 Å². The zero-order chi connectivity index (χ0) is 21.3. The number of benzene rings is 2. The van der Waals surface area contributed by atoms with Gasteiger partial charge in [-0.05, 0) is 63.6 Å². The molecule has 0 fully saturated rings. The molecule has 2 aromatic carbocycles. The Balaban J connectivity index is 1.83. The molecule has 0 radical (unpaired) electrons. The Kier molecular flexibility index (Phi) is 5.66. The maximum Gasteiger partial charge on any atom is 0.269 e. The molecule has 1 aliphatic rings. The number of hydrogen-bond donors (Lipinski definition) is 1. The molecule has 154 valence electrons. The van der Waals surface area contributed by atoms with Crippen molar-refractivity contribution in [2.24, 2.45) is 0 Å². The fraction of sp³-hybridized carbons (Fsp3) is 0.333. The Morgan fingerprint density at radius 1 is 1.14 bits per heavy atom. The Morgan fingerprint density at radius 2 is 1.79 bits per heavy atom. The second-order valence-electron chi connectivity index (χ2n) is 6.94. The van der Waals surface area contributed by atoms with E-state index in [-0.39, 0.29) is 10.5 Å². The van der Waals surface area contributed by atoms with Gasteiger partial charge in [-0.2, -0.15) is 0 Å². The largest absolute Gasteiger partial charge is 0.372 e. The normalized spacial score (nSPS) is 15.7. The van der Waals surface area contributed by atoms with E-state index in [2.05, 4.69) is 24.1 Å². The smallest absolute Gasteiger partial charge is 0.269 e. The summed E-state index contributed by atoms with van der Waals surface area (Å²) >= 11 is 0. The molecule has 0 spiro atoms. The van der Waals surface area contributed by atoms with Gasteiger partial charge >= 0.3 is 0 Å². The van der Waals surface area contributed by atoms with Crippen LogP contribution in [-0.2, 0) is 14.8 Å².